The molecule has 8 aromatic heterocycles. The summed E-state index contributed by atoms with van der Waals surface area (Å²) in [6.07, 6.45) is 14.8. The van der Waals surface area contributed by atoms with Crippen molar-refractivity contribution in [3.63, 3.8) is 0 Å². The minimum atomic E-state index is 0.444. The molecule has 18 rings (SSSR count). The van der Waals surface area contributed by atoms with E-state index in [0.717, 1.165) is 0 Å². The summed E-state index contributed by atoms with van der Waals surface area (Å²) < 4.78 is 29.7. The van der Waals surface area contributed by atoms with E-state index in [4.69, 9.17) is 0 Å². The molecule has 13 nitrogen and oxygen atoms in total. The third-order valence-corrected chi connectivity index (χ3v) is 24.1. The van der Waals surface area contributed by atoms with E-state index in [-0.39, 0.29) is 0 Å². The molecule has 13 heteroatoms. The van der Waals surface area contributed by atoms with E-state index in [9.17, 15) is 0 Å². The number of aryl methyl sites for hydroxylation is 10. The molecule has 0 amide bonds. The maximum Gasteiger partial charge on any atom is 0.311 e. The number of aromatic nitrogens is 13. The highest BCUT2D eigenvalue weighted by atomic mass is 15.2. The first-order chi connectivity index (χ1) is 58.8. The van der Waals surface area contributed by atoms with Crippen LogP contribution in [0.4, 0.5) is 0 Å². The van der Waals surface area contributed by atoms with E-state index in [2.05, 4.69) is 523 Å². The minimum Gasteiger partial charge on any atom is -0.344 e. The highest BCUT2D eigenvalue weighted by molar-refractivity contribution is 5.83. The Morgan fingerprint density at radius 3 is 0.885 bits per heavy atom. The summed E-state index contributed by atoms with van der Waals surface area (Å²) in [6, 6.07) is 97.4. The van der Waals surface area contributed by atoms with E-state index in [1.807, 2.05) is 6.07 Å². The molecule has 0 aliphatic carbocycles. The number of fused-ring (bicyclic) bond motifs is 3. The Morgan fingerprint density at radius 1 is 0.238 bits per heavy atom. The highest BCUT2D eigenvalue weighted by Crippen LogP contribution is 2.41. The molecule has 0 bridgehead atoms. The molecule has 8 heterocycles. The van der Waals surface area contributed by atoms with Crippen molar-refractivity contribution < 1.29 is 22.8 Å². The van der Waals surface area contributed by atoms with Crippen molar-refractivity contribution in [1.82, 2.24) is 36.5 Å². The SMILES string of the molecule is CC(C)c1cccc(C(C)C)c1-n1c(-c2cccn2C)[n+](C)c2ccccc21.CC(C)c1cccc(C(C)C)c1-n1cc[n+](C)c1-c1cccn1C.Cc1ccccc1-c1n(-c2c(C(C)C)cccc2C(C)C)c2ccccc2[n+]1C.Cc1ccccc1-c1n(-c2ccccc2)c2ccccc2[n+]1C.Cn1cccc1-c1n(-c2ccccc2)cc[n+]1C. The lowest BCUT2D eigenvalue weighted by Gasteiger charge is -2.18. The number of para-hydroxylation sites is 11. The van der Waals surface area contributed by atoms with Gasteiger partial charge in [0.15, 0.2) is 33.1 Å². The zero-order chi connectivity index (χ0) is 86.5. The van der Waals surface area contributed by atoms with Gasteiger partial charge in [-0.05, 0) is 170 Å². The normalized spacial score (nSPS) is 11.5. The van der Waals surface area contributed by atoms with Crippen molar-refractivity contribution in [3.05, 3.63) is 361 Å². The lowest BCUT2D eigenvalue weighted by Crippen LogP contribution is -2.31. The van der Waals surface area contributed by atoms with Crippen molar-refractivity contribution in [3.8, 4) is 85.8 Å². The third kappa shape index (κ3) is 16.7. The predicted octanol–water partition coefficient (Wildman–Crippen LogP) is 23.7. The van der Waals surface area contributed by atoms with Crippen LogP contribution in [-0.2, 0) is 56.4 Å². The molecule has 18 aromatic rings. The molecule has 0 radical (unpaired) electrons. The van der Waals surface area contributed by atoms with Gasteiger partial charge in [0, 0.05) is 73.1 Å². The standard InChI is InChI=1S/C27H31N2.C25H30N3.C21H28N3.C21H19N2.C15H16N3/c1-18(2)21-14-11-15-22(19(3)4)26(21)29-25-17-10-9-16-24(25)28(6)27(29)23-13-8-7-12-20(23)5;1-17(2)19-11-9-12-20(18(3)4)24(19)28-22-14-8-7-13-21(22)27(6)25(28)23-15-10-16-26(23)5;1-15(2)17-9-7-10-18(16(3)4)20(17)24-14-13-23(6)21(24)19-11-8-12-22(19)5;1-16-10-6-7-13-18(16)21-22(2)19-14-8-9-15-20(19)23(21)17-11-4-3-5-12-17;1-16-10-6-9-14(16)15-17(2)11-12-18(15)13-7-4-3-5-8-13/h7-19H,1-6H3;7-18H,1-6H3;7-16H,1-6H3;3-15H,1-2H3;3-12H,1-2H3/q5*+1. The van der Waals surface area contributed by atoms with Crippen LogP contribution in [0.25, 0.3) is 119 Å². The Hall–Kier alpha value is -13.1. The lowest BCUT2D eigenvalue weighted by molar-refractivity contribution is -0.659. The smallest absolute Gasteiger partial charge is 0.311 e. The van der Waals surface area contributed by atoms with Crippen molar-refractivity contribution in [2.24, 2.45) is 56.4 Å². The average Bonchev–Trinajstić information content (AvgIpc) is 1.57. The van der Waals surface area contributed by atoms with Gasteiger partial charge in [-0.2, -0.15) is 22.8 Å². The van der Waals surface area contributed by atoms with Gasteiger partial charge in [-0.15, -0.1) is 0 Å². The van der Waals surface area contributed by atoms with Crippen LogP contribution in [0.15, 0.2) is 316 Å². The van der Waals surface area contributed by atoms with Crippen LogP contribution in [0.3, 0.4) is 0 Å². The number of benzene rings is 10. The van der Waals surface area contributed by atoms with Gasteiger partial charge in [0.25, 0.3) is 11.6 Å². The van der Waals surface area contributed by atoms with Crippen LogP contribution < -0.4 is 22.8 Å². The van der Waals surface area contributed by atoms with Gasteiger partial charge >= 0.3 is 17.5 Å². The zero-order valence-electron chi connectivity index (χ0n) is 75.8. The van der Waals surface area contributed by atoms with Crippen LogP contribution in [0.2, 0.25) is 0 Å². The Bertz CT molecular complexity index is 6580. The number of nitrogens with zero attached hydrogens (tertiary/aromatic N) is 13. The molecule has 620 valence electrons. The molecular weight excluding hydrogens is 1490 g/mol. The molecule has 0 atom stereocenters. The Balaban J connectivity index is 0.000000125. The van der Waals surface area contributed by atoms with Gasteiger partial charge in [-0.25, -0.2) is 22.8 Å². The van der Waals surface area contributed by atoms with E-state index in [1.165, 1.54) is 163 Å². The van der Waals surface area contributed by atoms with Gasteiger partial charge in [-0.1, -0.05) is 247 Å². The van der Waals surface area contributed by atoms with Crippen molar-refractivity contribution in [2.75, 3.05) is 0 Å². The largest absolute Gasteiger partial charge is 0.344 e. The number of imidazole rings is 5. The average molecular weight is 1620 g/mol. The van der Waals surface area contributed by atoms with Crippen LogP contribution in [-0.4, -0.2) is 36.5 Å². The summed E-state index contributed by atoms with van der Waals surface area (Å²) >= 11 is 0. The molecule has 122 heavy (non-hydrogen) atoms. The predicted molar refractivity (Wildman–Crippen MR) is 505 cm³/mol. The van der Waals surface area contributed by atoms with Crippen LogP contribution in [0.1, 0.15) is 163 Å². The highest BCUT2D eigenvalue weighted by Gasteiger charge is 2.35. The van der Waals surface area contributed by atoms with Crippen molar-refractivity contribution in [2.45, 2.75) is 132 Å². The summed E-state index contributed by atoms with van der Waals surface area (Å²) in [5.41, 5.74) is 30.9. The minimum absolute atomic E-state index is 0.444. The summed E-state index contributed by atoms with van der Waals surface area (Å²) in [5.74, 6) is 8.77. The van der Waals surface area contributed by atoms with Gasteiger partial charge in [0.05, 0.1) is 46.4 Å². The Morgan fingerprint density at radius 2 is 0.525 bits per heavy atom. The van der Waals surface area contributed by atoms with Gasteiger partial charge < -0.3 is 13.7 Å². The van der Waals surface area contributed by atoms with Crippen LogP contribution in [0, 0.1) is 13.8 Å². The fraction of sp³-hybridized carbons (Fsp3) is 0.257. The number of rotatable bonds is 16. The number of hydrogen-bond donors (Lipinski definition) is 0. The monoisotopic (exact) mass is 1620 g/mol. The first-order valence-corrected chi connectivity index (χ1v) is 43.4. The van der Waals surface area contributed by atoms with Gasteiger partial charge in [-0.3, -0.25) is 0 Å². The third-order valence-electron chi connectivity index (χ3n) is 24.1. The summed E-state index contributed by atoms with van der Waals surface area (Å²) in [4.78, 5) is 0. The summed E-state index contributed by atoms with van der Waals surface area (Å²) in [6.45, 7) is 31.8. The van der Waals surface area contributed by atoms with Crippen molar-refractivity contribution in [1.29, 1.82) is 0 Å². The van der Waals surface area contributed by atoms with Crippen LogP contribution >= 0.6 is 0 Å². The molecule has 0 fully saturated rings. The van der Waals surface area contributed by atoms with E-state index >= 15 is 0 Å². The fourth-order valence-corrected chi connectivity index (χ4v) is 17.7. The van der Waals surface area contributed by atoms with Crippen molar-refractivity contribution >= 4 is 33.1 Å². The van der Waals surface area contributed by atoms with E-state index in [0.29, 0.717) is 35.5 Å². The molecule has 0 saturated carbocycles. The maximum absolute atomic E-state index is 2.50. The van der Waals surface area contributed by atoms with E-state index < -0.39 is 0 Å². The molecular formula is C109H124N13+5. The quantitative estimate of drug-likeness (QED) is 0.0866. The molecule has 0 spiro atoms. The fourth-order valence-electron chi connectivity index (χ4n) is 17.7. The molecule has 0 N–H and O–H groups in total. The van der Waals surface area contributed by atoms with E-state index in [1.54, 1.807) is 0 Å². The Kier molecular flexibility index (Phi) is 25.8. The molecule has 0 unspecified atom stereocenters. The molecule has 0 saturated heterocycles. The second-order valence-electron chi connectivity index (χ2n) is 34.4. The lowest BCUT2D eigenvalue weighted by atomic mass is 9.92. The van der Waals surface area contributed by atoms with Gasteiger partial charge in [0.2, 0.25) is 0 Å². The molecule has 0 aliphatic rings. The topological polar surface area (TPSA) is 58.8 Å². The first kappa shape index (κ1) is 85.3. The number of hydrogen-bond acceptors (Lipinski definition) is 0. The summed E-state index contributed by atoms with van der Waals surface area (Å²) in [7, 11) is 17.0. The summed E-state index contributed by atoms with van der Waals surface area (Å²) in [5, 5.41) is 0. The first-order valence-electron chi connectivity index (χ1n) is 43.4. The van der Waals surface area contributed by atoms with Gasteiger partial charge in [0.1, 0.15) is 70.3 Å². The zero-order valence-corrected chi connectivity index (χ0v) is 75.8. The molecule has 0 aliphatic heterocycles. The maximum atomic E-state index is 2.50. The van der Waals surface area contributed by atoms with Crippen LogP contribution in [0.5, 0.6) is 0 Å². The Labute approximate surface area is 723 Å². The second-order valence-corrected chi connectivity index (χ2v) is 34.4. The molecule has 10 aromatic carbocycles. The second kappa shape index (κ2) is 36.8.